The molecule has 15 heavy (non-hydrogen) atoms. The Labute approximate surface area is 90.3 Å². The summed E-state index contributed by atoms with van der Waals surface area (Å²) >= 11 is 0. The van der Waals surface area contributed by atoms with E-state index in [2.05, 4.69) is 20.8 Å². The highest BCUT2D eigenvalue weighted by Gasteiger charge is 2.14. The largest absolute Gasteiger partial charge is 0.465 e. The lowest BCUT2D eigenvalue weighted by molar-refractivity contribution is 0.203. The van der Waals surface area contributed by atoms with E-state index < -0.39 is 6.09 Å². The lowest BCUT2D eigenvalue weighted by Gasteiger charge is -2.20. The van der Waals surface area contributed by atoms with Crippen LogP contribution in [0, 0.1) is 0 Å². The molecule has 1 rings (SSSR count). The molecule has 1 aromatic rings. The first-order valence-corrected chi connectivity index (χ1v) is 4.89. The number of carbonyl (C=O) groups is 1. The van der Waals surface area contributed by atoms with Gasteiger partial charge in [0.2, 0.25) is 0 Å². The Balaban J connectivity index is 2.95. The third-order valence-corrected chi connectivity index (χ3v) is 2.41. The van der Waals surface area contributed by atoms with E-state index in [0.29, 0.717) is 5.69 Å². The molecule has 0 saturated carbocycles. The van der Waals surface area contributed by atoms with Gasteiger partial charge in [0.05, 0.1) is 0 Å². The molecule has 0 saturated heterocycles. The van der Waals surface area contributed by atoms with Gasteiger partial charge in [-0.1, -0.05) is 32.9 Å². The van der Waals surface area contributed by atoms with Gasteiger partial charge in [-0.25, -0.2) is 4.79 Å². The fourth-order valence-electron chi connectivity index (χ4n) is 1.30. The zero-order chi connectivity index (χ0) is 11.6. The summed E-state index contributed by atoms with van der Waals surface area (Å²) in [6.45, 7) is 6.38. The fraction of sp³-hybridized carbons (Fsp3) is 0.417. The second-order valence-electron chi connectivity index (χ2n) is 4.64. The Morgan fingerprint density at radius 1 is 1.20 bits per heavy atom. The predicted molar refractivity (Wildman–Crippen MR) is 61.6 cm³/mol. The van der Waals surface area contributed by atoms with Crippen LogP contribution >= 0.6 is 0 Å². The molecule has 0 aliphatic heterocycles. The molecule has 82 valence electrons. The molecule has 1 aromatic carbocycles. The monoisotopic (exact) mass is 207 g/mol. The van der Waals surface area contributed by atoms with E-state index >= 15 is 0 Å². The highest BCUT2D eigenvalue weighted by atomic mass is 16.4. The van der Waals surface area contributed by atoms with Gasteiger partial charge in [0.15, 0.2) is 0 Å². The second kappa shape index (κ2) is 3.93. The lowest BCUT2D eigenvalue weighted by Crippen LogP contribution is -2.23. The van der Waals surface area contributed by atoms with Crippen LogP contribution in [0.4, 0.5) is 10.5 Å². The number of hydrogen-bond donors (Lipinski definition) is 1. The van der Waals surface area contributed by atoms with Gasteiger partial charge in [-0.05, 0) is 23.1 Å². The van der Waals surface area contributed by atoms with Gasteiger partial charge in [-0.3, -0.25) is 4.90 Å². The molecule has 0 aliphatic rings. The van der Waals surface area contributed by atoms with Gasteiger partial charge in [0, 0.05) is 12.7 Å². The van der Waals surface area contributed by atoms with Crippen molar-refractivity contribution in [3.8, 4) is 0 Å². The van der Waals surface area contributed by atoms with Crippen LogP contribution in [0.2, 0.25) is 0 Å². The Hall–Kier alpha value is -1.51. The van der Waals surface area contributed by atoms with Crippen molar-refractivity contribution in [2.75, 3.05) is 11.9 Å². The molecule has 0 unspecified atom stereocenters. The SMILES string of the molecule is CN(C(=O)O)c1ccc(C(C)(C)C)cc1. The average Bonchev–Trinajstić information content (AvgIpc) is 2.15. The van der Waals surface area contributed by atoms with E-state index in [9.17, 15) is 4.79 Å². The van der Waals surface area contributed by atoms with Crippen molar-refractivity contribution in [3.63, 3.8) is 0 Å². The minimum absolute atomic E-state index is 0.0975. The third kappa shape index (κ3) is 2.72. The standard InChI is InChI=1S/C12H17NO2/c1-12(2,3)9-5-7-10(8-6-9)13(4)11(14)15/h5-8H,1-4H3,(H,14,15). The van der Waals surface area contributed by atoms with Crippen LogP contribution in [0.15, 0.2) is 24.3 Å². The van der Waals surface area contributed by atoms with Crippen molar-refractivity contribution in [3.05, 3.63) is 29.8 Å². The first-order valence-electron chi connectivity index (χ1n) is 4.89. The fourth-order valence-corrected chi connectivity index (χ4v) is 1.30. The third-order valence-electron chi connectivity index (χ3n) is 2.41. The molecule has 0 bridgehead atoms. The summed E-state index contributed by atoms with van der Waals surface area (Å²) in [5, 5.41) is 8.79. The molecule has 1 N–H and O–H groups in total. The van der Waals surface area contributed by atoms with Crippen LogP contribution in [0.3, 0.4) is 0 Å². The number of amides is 1. The van der Waals surface area contributed by atoms with Crippen LogP contribution in [0.1, 0.15) is 26.3 Å². The number of hydrogen-bond acceptors (Lipinski definition) is 1. The smallest absolute Gasteiger partial charge is 0.411 e. The topological polar surface area (TPSA) is 40.5 Å². The van der Waals surface area contributed by atoms with Crippen molar-refractivity contribution in [2.45, 2.75) is 26.2 Å². The number of anilines is 1. The molecular weight excluding hydrogens is 190 g/mol. The van der Waals surface area contributed by atoms with E-state index in [-0.39, 0.29) is 5.41 Å². The maximum atomic E-state index is 10.7. The van der Waals surface area contributed by atoms with Crippen molar-refractivity contribution in [2.24, 2.45) is 0 Å². The zero-order valence-electron chi connectivity index (χ0n) is 9.61. The number of rotatable bonds is 1. The van der Waals surface area contributed by atoms with Crippen molar-refractivity contribution >= 4 is 11.8 Å². The number of benzene rings is 1. The maximum absolute atomic E-state index is 10.7. The molecule has 0 atom stereocenters. The Morgan fingerprint density at radius 3 is 2.00 bits per heavy atom. The van der Waals surface area contributed by atoms with E-state index in [1.165, 1.54) is 17.5 Å². The maximum Gasteiger partial charge on any atom is 0.411 e. The highest BCUT2D eigenvalue weighted by Crippen LogP contribution is 2.24. The molecule has 0 aliphatic carbocycles. The summed E-state index contributed by atoms with van der Waals surface area (Å²) in [4.78, 5) is 11.9. The van der Waals surface area contributed by atoms with Gasteiger partial charge in [0.25, 0.3) is 0 Å². The summed E-state index contributed by atoms with van der Waals surface area (Å²) in [6.07, 6.45) is -0.946. The minimum Gasteiger partial charge on any atom is -0.465 e. The first kappa shape index (κ1) is 11.6. The zero-order valence-corrected chi connectivity index (χ0v) is 9.61. The van der Waals surface area contributed by atoms with Crippen LogP contribution in [-0.2, 0) is 5.41 Å². The predicted octanol–water partition coefficient (Wildman–Crippen LogP) is 3.10. The Kier molecular flexibility index (Phi) is 3.03. The highest BCUT2D eigenvalue weighted by molar-refractivity contribution is 5.85. The number of carboxylic acid groups (broad SMARTS) is 1. The summed E-state index contributed by atoms with van der Waals surface area (Å²) in [5.41, 5.74) is 1.99. The molecule has 0 radical (unpaired) electrons. The lowest BCUT2D eigenvalue weighted by atomic mass is 9.87. The molecule has 0 aromatic heterocycles. The van der Waals surface area contributed by atoms with E-state index in [1.807, 2.05) is 24.3 Å². The normalized spacial score (nSPS) is 11.2. The van der Waals surface area contributed by atoms with Crippen LogP contribution < -0.4 is 4.90 Å². The van der Waals surface area contributed by atoms with Crippen molar-refractivity contribution in [1.29, 1.82) is 0 Å². The summed E-state index contributed by atoms with van der Waals surface area (Å²) in [7, 11) is 1.54. The van der Waals surface area contributed by atoms with E-state index in [0.717, 1.165) is 0 Å². The van der Waals surface area contributed by atoms with Crippen molar-refractivity contribution in [1.82, 2.24) is 0 Å². The van der Waals surface area contributed by atoms with Gasteiger partial charge < -0.3 is 5.11 Å². The molecular formula is C12H17NO2. The second-order valence-corrected chi connectivity index (χ2v) is 4.64. The van der Waals surface area contributed by atoms with E-state index in [4.69, 9.17) is 5.11 Å². The Morgan fingerprint density at radius 2 is 1.67 bits per heavy atom. The summed E-state index contributed by atoms with van der Waals surface area (Å²) in [5.74, 6) is 0. The van der Waals surface area contributed by atoms with Gasteiger partial charge in [-0.2, -0.15) is 0 Å². The van der Waals surface area contributed by atoms with Gasteiger partial charge in [0.1, 0.15) is 0 Å². The number of nitrogens with zero attached hydrogens (tertiary/aromatic N) is 1. The Bertz CT molecular complexity index is 349. The summed E-state index contributed by atoms with van der Waals surface area (Å²) < 4.78 is 0. The van der Waals surface area contributed by atoms with Gasteiger partial charge >= 0.3 is 6.09 Å². The molecule has 0 spiro atoms. The van der Waals surface area contributed by atoms with E-state index in [1.54, 1.807) is 0 Å². The van der Waals surface area contributed by atoms with Crippen LogP contribution in [0.5, 0.6) is 0 Å². The summed E-state index contributed by atoms with van der Waals surface area (Å²) in [6, 6.07) is 7.59. The van der Waals surface area contributed by atoms with Gasteiger partial charge in [-0.15, -0.1) is 0 Å². The molecule has 1 amide bonds. The van der Waals surface area contributed by atoms with Crippen LogP contribution in [-0.4, -0.2) is 18.2 Å². The first-order chi connectivity index (χ1) is 6.82. The van der Waals surface area contributed by atoms with Crippen LogP contribution in [0.25, 0.3) is 0 Å². The molecule has 3 heteroatoms. The molecule has 3 nitrogen and oxygen atoms in total. The minimum atomic E-state index is -0.946. The molecule has 0 fully saturated rings. The quantitative estimate of drug-likeness (QED) is 0.768. The van der Waals surface area contributed by atoms with Crippen molar-refractivity contribution < 1.29 is 9.90 Å². The molecule has 0 heterocycles. The average molecular weight is 207 g/mol.